The molecule has 0 rings (SSSR count). The van der Waals surface area contributed by atoms with Crippen molar-refractivity contribution in [1.29, 1.82) is 0 Å². The van der Waals surface area contributed by atoms with Gasteiger partial charge >= 0.3 is 37.7 Å². The van der Waals surface area contributed by atoms with Gasteiger partial charge in [-0.05, 0) is 0 Å². The second-order valence-electron chi connectivity index (χ2n) is 0. The maximum atomic E-state index is 0. The molecule has 4 heteroatoms. The summed E-state index contributed by atoms with van der Waals surface area (Å²) in [6.45, 7) is 0. The molecule has 0 aromatic carbocycles. The molecule has 30 valence electrons. The van der Waals surface area contributed by atoms with E-state index in [1.54, 1.807) is 0 Å². The summed E-state index contributed by atoms with van der Waals surface area (Å²) in [5.74, 6) is 0. The maximum absolute atomic E-state index is 0. The normalized spacial score (nSPS) is 0. The molecule has 0 aliphatic carbocycles. The summed E-state index contributed by atoms with van der Waals surface area (Å²) >= 11 is 0. The molecule has 4 heavy (non-hydrogen) atoms. The number of hydrogen-bond acceptors (Lipinski definition) is 0. The van der Waals surface area contributed by atoms with Gasteiger partial charge in [0.25, 0.3) is 0 Å². The predicted molar refractivity (Wildman–Crippen MR) is 22.6 cm³/mol. The van der Waals surface area contributed by atoms with Gasteiger partial charge in [-0.25, -0.2) is 0 Å². The molecule has 0 aliphatic heterocycles. The fourth-order valence-electron chi connectivity index (χ4n) is 0. The average Bonchev–Trinajstić information content (AvgIpc) is 0. The van der Waals surface area contributed by atoms with E-state index in [1.165, 1.54) is 0 Å². The molecule has 0 unspecified atom stereocenters. The Morgan fingerprint density at radius 1 is 1.00 bits per heavy atom. The van der Waals surface area contributed by atoms with E-state index in [2.05, 4.69) is 0 Å². The van der Waals surface area contributed by atoms with Crippen molar-refractivity contribution in [2.45, 2.75) is 0 Å². The van der Waals surface area contributed by atoms with Crippen LogP contribution in [0.3, 0.4) is 0 Å². The van der Waals surface area contributed by atoms with E-state index in [-0.39, 0.29) is 95.9 Å². The van der Waals surface area contributed by atoms with Crippen molar-refractivity contribution >= 4 is 61.7 Å². The summed E-state index contributed by atoms with van der Waals surface area (Å²) < 4.78 is 0. The summed E-state index contributed by atoms with van der Waals surface area (Å²) in [5, 5.41) is 0. The first kappa shape index (κ1) is 27.8. The van der Waals surface area contributed by atoms with Crippen molar-refractivity contribution in [3.8, 4) is 0 Å². The Bertz CT molecular complexity index is 8.00. The van der Waals surface area contributed by atoms with Crippen LogP contribution in [-0.4, -0.2) is 37.7 Å². The standard InChI is InChI=1S/Ca.Cu.Fe.I.2H. The van der Waals surface area contributed by atoms with Gasteiger partial charge in [0.1, 0.15) is 0 Å². The van der Waals surface area contributed by atoms with Crippen LogP contribution in [0.4, 0.5) is 0 Å². The Morgan fingerprint density at radius 2 is 1.00 bits per heavy atom. The molecule has 0 atom stereocenters. The van der Waals surface area contributed by atoms with Crippen LogP contribution < -0.4 is 0 Å². The zero-order valence-electron chi connectivity index (χ0n) is 1.03. The zero-order valence-corrected chi connectivity index (χ0v) is 5.24. The van der Waals surface area contributed by atoms with Crippen LogP contribution in [0.25, 0.3) is 0 Å². The van der Waals surface area contributed by atoms with Crippen LogP contribution in [0.1, 0.15) is 0 Å². The number of halogens is 1. The van der Waals surface area contributed by atoms with Gasteiger partial charge in [0, 0.05) is 58.1 Å². The summed E-state index contributed by atoms with van der Waals surface area (Å²) in [6, 6.07) is 0. The molecular formula is H2CaCuFeI. The first-order valence-corrected chi connectivity index (χ1v) is 0. The number of rotatable bonds is 0. The summed E-state index contributed by atoms with van der Waals surface area (Å²) in [4.78, 5) is 0. The second kappa shape index (κ2) is 16.6. The monoisotopic (exact) mass is 288 g/mol. The topological polar surface area (TPSA) is 0 Å². The summed E-state index contributed by atoms with van der Waals surface area (Å²) in [6.07, 6.45) is 0. The van der Waals surface area contributed by atoms with Gasteiger partial charge in [0.2, 0.25) is 0 Å². The maximum Gasteiger partial charge on any atom is 0 e. The first-order valence-electron chi connectivity index (χ1n) is 0. The Morgan fingerprint density at radius 3 is 1.00 bits per heavy atom. The van der Waals surface area contributed by atoms with Crippen molar-refractivity contribution in [3.05, 3.63) is 0 Å². The Balaban J connectivity index is 0. The fourth-order valence-corrected chi connectivity index (χ4v) is 0. The van der Waals surface area contributed by atoms with Crippen LogP contribution in [-0.2, 0) is 34.1 Å². The van der Waals surface area contributed by atoms with Gasteiger partial charge < -0.3 is 0 Å². The largest absolute Gasteiger partial charge is 0 e. The van der Waals surface area contributed by atoms with Crippen molar-refractivity contribution in [1.82, 2.24) is 0 Å². The van der Waals surface area contributed by atoms with E-state index in [0.717, 1.165) is 0 Å². The smallest absolute Gasteiger partial charge is 0 e. The average molecular weight is 288 g/mol. The Labute approximate surface area is 93.8 Å². The van der Waals surface area contributed by atoms with E-state index in [9.17, 15) is 0 Å². The van der Waals surface area contributed by atoms with Gasteiger partial charge in [-0.2, -0.15) is 0 Å². The van der Waals surface area contributed by atoms with Gasteiger partial charge in [-0.1, -0.05) is 0 Å². The molecule has 0 saturated carbocycles. The molecule has 0 N–H and O–H groups in total. The first-order chi connectivity index (χ1) is 0. The van der Waals surface area contributed by atoms with Gasteiger partial charge in [-0.15, -0.1) is 0 Å². The minimum absolute atomic E-state index is 0. The Kier molecular flexibility index (Phi) is 116. The summed E-state index contributed by atoms with van der Waals surface area (Å²) in [5.41, 5.74) is 0. The van der Waals surface area contributed by atoms with Crippen LogP contribution in [0, 0.1) is 0 Å². The van der Waals surface area contributed by atoms with Gasteiger partial charge in [0.15, 0.2) is 0 Å². The van der Waals surface area contributed by atoms with E-state index < -0.39 is 0 Å². The minimum Gasteiger partial charge on any atom is 0 e. The van der Waals surface area contributed by atoms with E-state index >= 15 is 0 Å². The van der Waals surface area contributed by atoms with E-state index in [4.69, 9.17) is 0 Å². The summed E-state index contributed by atoms with van der Waals surface area (Å²) in [7, 11) is 0. The third-order valence-electron chi connectivity index (χ3n) is 0. The molecular weight excluding hydrogens is 286 g/mol. The molecule has 0 aromatic rings. The van der Waals surface area contributed by atoms with Crippen LogP contribution in [0.2, 0.25) is 0 Å². The number of hydrogen-bond donors (Lipinski definition) is 0. The third-order valence-corrected chi connectivity index (χ3v) is 0. The molecule has 0 aromatic heterocycles. The predicted octanol–water partition coefficient (Wildman–Crippen LogP) is -0.0355. The van der Waals surface area contributed by atoms with E-state index in [0.29, 0.717) is 0 Å². The quantitative estimate of drug-likeness (QED) is 0.434. The molecule has 0 aliphatic rings. The van der Waals surface area contributed by atoms with Crippen molar-refractivity contribution < 1.29 is 34.1 Å². The second-order valence-corrected chi connectivity index (χ2v) is 0. The third kappa shape index (κ3) is 8.90. The molecule has 0 amide bonds. The van der Waals surface area contributed by atoms with Crippen molar-refractivity contribution in [2.24, 2.45) is 0 Å². The molecule has 0 spiro atoms. The molecule has 2 radical (unpaired) electrons. The van der Waals surface area contributed by atoms with Gasteiger partial charge in [0.05, 0.1) is 0 Å². The zero-order chi connectivity index (χ0) is 0. The Hall–Kier alpha value is 3.03. The van der Waals surface area contributed by atoms with Crippen LogP contribution in [0.15, 0.2) is 0 Å². The minimum atomic E-state index is 0. The molecule has 0 nitrogen and oxygen atoms in total. The fraction of sp³-hybridized carbons (Fsp3) is 0. The van der Waals surface area contributed by atoms with Crippen LogP contribution >= 0.6 is 24.0 Å². The van der Waals surface area contributed by atoms with Gasteiger partial charge in [-0.3, -0.25) is 0 Å². The molecule has 0 saturated heterocycles. The van der Waals surface area contributed by atoms with Crippen molar-refractivity contribution in [3.63, 3.8) is 0 Å². The molecule has 0 bridgehead atoms. The van der Waals surface area contributed by atoms with Crippen LogP contribution in [0.5, 0.6) is 0 Å². The SMILES string of the molecule is [CaH2].[Cu].[Fe].[I]. The molecule has 0 fully saturated rings. The molecule has 0 heterocycles. The van der Waals surface area contributed by atoms with E-state index in [1.807, 2.05) is 0 Å². The van der Waals surface area contributed by atoms with Crippen molar-refractivity contribution in [2.75, 3.05) is 0 Å².